The molecule has 4 nitrogen and oxygen atoms in total. The third kappa shape index (κ3) is 6.22. The molecule has 0 radical (unpaired) electrons. The van der Waals surface area contributed by atoms with E-state index in [1.54, 1.807) is 7.11 Å². The molecule has 1 aromatic carbocycles. The van der Waals surface area contributed by atoms with Crippen LogP contribution in [0.3, 0.4) is 0 Å². The van der Waals surface area contributed by atoms with Crippen molar-refractivity contribution in [1.82, 2.24) is 10.6 Å². The van der Waals surface area contributed by atoms with E-state index in [4.69, 9.17) is 16.3 Å². The maximum atomic E-state index is 11.8. The summed E-state index contributed by atoms with van der Waals surface area (Å²) < 4.78 is 6.11. The number of rotatable bonds is 8. The molecule has 1 atom stereocenters. The van der Waals surface area contributed by atoms with E-state index in [2.05, 4.69) is 22.8 Å². The lowest BCUT2D eigenvalue weighted by Gasteiger charge is -2.15. The number of carbonyl (C=O) groups excluding carboxylic acids is 1. The van der Waals surface area contributed by atoms with Gasteiger partial charge in [-0.3, -0.25) is 0 Å². The minimum atomic E-state index is -0.178. The van der Waals surface area contributed by atoms with Gasteiger partial charge >= 0.3 is 6.03 Å². The van der Waals surface area contributed by atoms with Crippen LogP contribution >= 0.6 is 22.9 Å². The van der Waals surface area contributed by atoms with Crippen molar-refractivity contribution in [3.05, 3.63) is 57.2 Å². The summed E-state index contributed by atoms with van der Waals surface area (Å²) in [5.74, 6) is 0. The highest BCUT2D eigenvalue weighted by atomic mass is 35.5. The quantitative estimate of drug-likeness (QED) is 0.705. The third-order valence-corrected chi connectivity index (χ3v) is 4.74. The van der Waals surface area contributed by atoms with Gasteiger partial charge in [0, 0.05) is 18.5 Å². The molecule has 23 heavy (non-hydrogen) atoms. The fourth-order valence-corrected chi connectivity index (χ4v) is 3.33. The molecule has 0 spiro atoms. The molecular formula is C17H21ClN2O2S. The molecule has 0 fully saturated rings. The van der Waals surface area contributed by atoms with E-state index in [0.29, 0.717) is 17.4 Å². The Hall–Kier alpha value is -1.56. The second-order valence-corrected chi connectivity index (χ2v) is 6.84. The minimum absolute atomic E-state index is 0.178. The predicted molar refractivity (Wildman–Crippen MR) is 95.2 cm³/mol. The molecule has 1 aromatic heterocycles. The van der Waals surface area contributed by atoms with Gasteiger partial charge in [0.15, 0.2) is 0 Å². The highest BCUT2D eigenvalue weighted by Gasteiger charge is 2.14. The summed E-state index contributed by atoms with van der Waals surface area (Å²) in [5.41, 5.74) is 1.28. The maximum Gasteiger partial charge on any atom is 0.314 e. The van der Waals surface area contributed by atoms with Gasteiger partial charge in [0.25, 0.3) is 0 Å². The van der Waals surface area contributed by atoms with Crippen molar-refractivity contribution in [3.63, 3.8) is 0 Å². The van der Waals surface area contributed by atoms with E-state index in [1.807, 2.05) is 30.3 Å². The van der Waals surface area contributed by atoms with Gasteiger partial charge in [0.1, 0.15) is 6.10 Å². The highest BCUT2D eigenvalue weighted by Crippen LogP contribution is 2.28. The zero-order valence-electron chi connectivity index (χ0n) is 13.0. The van der Waals surface area contributed by atoms with Crippen LogP contribution in [0, 0.1) is 0 Å². The summed E-state index contributed by atoms with van der Waals surface area (Å²) in [6.45, 7) is 1.06. The monoisotopic (exact) mass is 352 g/mol. The van der Waals surface area contributed by atoms with Crippen LogP contribution in [0.4, 0.5) is 4.79 Å². The molecule has 0 saturated heterocycles. The van der Waals surface area contributed by atoms with Crippen LogP contribution in [0.15, 0.2) is 42.5 Å². The molecule has 2 N–H and O–H groups in total. The Bertz CT molecular complexity index is 604. The van der Waals surface area contributed by atoms with E-state index < -0.39 is 0 Å². The van der Waals surface area contributed by atoms with E-state index in [1.165, 1.54) is 16.9 Å². The topological polar surface area (TPSA) is 50.4 Å². The average Bonchev–Trinajstić information content (AvgIpc) is 2.99. The summed E-state index contributed by atoms with van der Waals surface area (Å²) in [5, 5.41) is 5.69. The number of hydrogen-bond donors (Lipinski definition) is 2. The Morgan fingerprint density at radius 1 is 1.22 bits per heavy atom. The van der Waals surface area contributed by atoms with Crippen molar-refractivity contribution in [2.24, 2.45) is 0 Å². The number of carbonyl (C=O) groups is 1. The van der Waals surface area contributed by atoms with E-state index in [0.717, 1.165) is 17.7 Å². The number of aryl methyl sites for hydroxylation is 1. The van der Waals surface area contributed by atoms with Crippen LogP contribution in [-0.4, -0.2) is 26.2 Å². The third-order valence-electron chi connectivity index (χ3n) is 3.41. The molecule has 2 rings (SSSR count). The van der Waals surface area contributed by atoms with Crippen molar-refractivity contribution in [1.29, 1.82) is 0 Å². The first-order chi connectivity index (χ1) is 11.2. The first kappa shape index (κ1) is 17.8. The second-order valence-electron chi connectivity index (χ2n) is 5.09. The molecule has 124 valence electrons. The smallest absolute Gasteiger partial charge is 0.314 e. The molecule has 0 aliphatic rings. The SMILES string of the molecule is COC(CNC(=O)NCCCc1ccccc1)c1ccc(Cl)s1. The summed E-state index contributed by atoms with van der Waals surface area (Å²) in [4.78, 5) is 12.8. The number of ether oxygens (including phenoxy) is 1. The Kier molecular flexibility index (Phi) is 7.39. The second kappa shape index (κ2) is 9.55. The van der Waals surface area contributed by atoms with Crippen molar-refractivity contribution < 1.29 is 9.53 Å². The van der Waals surface area contributed by atoms with E-state index >= 15 is 0 Å². The molecule has 0 aliphatic carbocycles. The van der Waals surface area contributed by atoms with Crippen LogP contribution in [-0.2, 0) is 11.2 Å². The van der Waals surface area contributed by atoms with Gasteiger partial charge < -0.3 is 15.4 Å². The average molecular weight is 353 g/mol. The first-order valence-corrected chi connectivity index (χ1v) is 8.72. The highest BCUT2D eigenvalue weighted by molar-refractivity contribution is 7.16. The molecule has 2 amide bonds. The van der Waals surface area contributed by atoms with Gasteiger partial charge in [0.05, 0.1) is 10.9 Å². The fraction of sp³-hybridized carbons (Fsp3) is 0.353. The van der Waals surface area contributed by atoms with Crippen LogP contribution in [0.25, 0.3) is 0 Å². The van der Waals surface area contributed by atoms with Gasteiger partial charge in [-0.25, -0.2) is 4.79 Å². The Balaban J connectivity index is 1.64. The number of hydrogen-bond acceptors (Lipinski definition) is 3. The summed E-state index contributed by atoms with van der Waals surface area (Å²) >= 11 is 7.38. The predicted octanol–water partition coefficient (Wildman–Crippen LogP) is 4.02. The Morgan fingerprint density at radius 3 is 2.65 bits per heavy atom. The van der Waals surface area contributed by atoms with Gasteiger partial charge in [-0.15, -0.1) is 11.3 Å². The maximum absolute atomic E-state index is 11.8. The lowest BCUT2D eigenvalue weighted by molar-refractivity contribution is 0.107. The Labute approximate surface area is 145 Å². The van der Waals surface area contributed by atoms with Gasteiger partial charge in [-0.1, -0.05) is 41.9 Å². The summed E-state index contributed by atoms with van der Waals surface area (Å²) in [6.07, 6.45) is 1.68. The molecule has 1 unspecified atom stereocenters. The molecule has 0 saturated carbocycles. The zero-order valence-corrected chi connectivity index (χ0v) is 14.6. The van der Waals surface area contributed by atoms with E-state index in [9.17, 15) is 4.79 Å². The number of halogens is 1. The van der Waals surface area contributed by atoms with Gasteiger partial charge in [0.2, 0.25) is 0 Å². The normalized spacial score (nSPS) is 11.9. The number of methoxy groups -OCH3 is 1. The fourth-order valence-electron chi connectivity index (χ4n) is 2.19. The van der Waals surface area contributed by atoms with Gasteiger partial charge in [-0.2, -0.15) is 0 Å². The van der Waals surface area contributed by atoms with Crippen molar-refractivity contribution in [3.8, 4) is 0 Å². The number of benzene rings is 1. The number of thiophene rings is 1. The molecule has 0 bridgehead atoms. The first-order valence-electron chi connectivity index (χ1n) is 7.52. The molecule has 2 aromatic rings. The minimum Gasteiger partial charge on any atom is -0.374 e. The summed E-state index contributed by atoms with van der Waals surface area (Å²) in [6, 6.07) is 13.8. The molecule has 0 aliphatic heterocycles. The lowest BCUT2D eigenvalue weighted by Crippen LogP contribution is -2.38. The molecular weight excluding hydrogens is 332 g/mol. The lowest BCUT2D eigenvalue weighted by atomic mass is 10.1. The number of urea groups is 1. The standard InChI is InChI=1S/C17H21ClN2O2S/c1-22-14(15-9-10-16(18)23-15)12-20-17(21)19-11-5-8-13-6-3-2-4-7-13/h2-4,6-7,9-10,14H,5,8,11-12H2,1H3,(H2,19,20,21). The van der Waals surface area contributed by atoms with Crippen molar-refractivity contribution in [2.45, 2.75) is 18.9 Å². The number of amides is 2. The number of nitrogens with one attached hydrogen (secondary N) is 2. The van der Waals surface area contributed by atoms with Gasteiger partial charge in [-0.05, 0) is 30.5 Å². The van der Waals surface area contributed by atoms with Crippen LogP contribution in [0.1, 0.15) is 23.0 Å². The van der Waals surface area contributed by atoms with E-state index in [-0.39, 0.29) is 12.1 Å². The summed E-state index contributed by atoms with van der Waals surface area (Å²) in [7, 11) is 1.62. The van der Waals surface area contributed by atoms with Crippen LogP contribution in [0.2, 0.25) is 4.34 Å². The van der Waals surface area contributed by atoms with Crippen LogP contribution in [0.5, 0.6) is 0 Å². The van der Waals surface area contributed by atoms with Crippen molar-refractivity contribution in [2.75, 3.05) is 20.2 Å². The molecule has 6 heteroatoms. The largest absolute Gasteiger partial charge is 0.374 e. The Morgan fingerprint density at radius 2 is 2.00 bits per heavy atom. The molecule has 1 heterocycles. The van der Waals surface area contributed by atoms with Crippen LogP contribution < -0.4 is 10.6 Å². The van der Waals surface area contributed by atoms with Crippen molar-refractivity contribution >= 4 is 29.0 Å². The zero-order chi connectivity index (χ0) is 16.5.